The fraction of sp³-hybridized carbons (Fsp3) is 0.769. The van der Waals surface area contributed by atoms with Crippen molar-refractivity contribution in [1.82, 2.24) is 0 Å². The Kier molecular flexibility index (Phi) is 6.30. The van der Waals surface area contributed by atoms with Crippen LogP contribution in [0.3, 0.4) is 0 Å². The molecule has 0 aromatic rings. The molecule has 0 fully saturated rings. The fourth-order valence-electron chi connectivity index (χ4n) is 1.72. The van der Waals surface area contributed by atoms with Gasteiger partial charge in [0.15, 0.2) is 0 Å². The third kappa shape index (κ3) is 7.18. The molecule has 0 amide bonds. The molecule has 0 heterocycles. The van der Waals surface area contributed by atoms with Gasteiger partial charge >= 0.3 is 5.97 Å². The van der Waals surface area contributed by atoms with E-state index in [1.165, 1.54) is 6.92 Å². The summed E-state index contributed by atoms with van der Waals surface area (Å²) < 4.78 is 5.25. The van der Waals surface area contributed by atoms with Crippen LogP contribution in [0.1, 0.15) is 53.4 Å². The highest BCUT2D eigenvalue weighted by atomic mass is 16.6. The number of hydrogen-bond donors (Lipinski definition) is 0. The van der Waals surface area contributed by atoms with Crippen molar-refractivity contribution in [3.63, 3.8) is 0 Å². The Morgan fingerprint density at radius 2 is 2.13 bits per heavy atom. The third-order valence-corrected chi connectivity index (χ3v) is 2.65. The van der Waals surface area contributed by atoms with Crippen LogP contribution >= 0.6 is 0 Å². The number of ether oxygens (including phenoxy) is 1. The van der Waals surface area contributed by atoms with Crippen LogP contribution < -0.4 is 0 Å². The van der Waals surface area contributed by atoms with Gasteiger partial charge in [-0.05, 0) is 39.0 Å². The molecule has 0 saturated carbocycles. The van der Waals surface area contributed by atoms with E-state index in [0.29, 0.717) is 5.92 Å². The van der Waals surface area contributed by atoms with Crippen molar-refractivity contribution in [3.8, 4) is 0 Å². The molecule has 0 rings (SSSR count). The predicted molar refractivity (Wildman–Crippen MR) is 63.7 cm³/mol. The van der Waals surface area contributed by atoms with Crippen LogP contribution in [0.4, 0.5) is 0 Å². The van der Waals surface area contributed by atoms with Gasteiger partial charge in [-0.2, -0.15) is 0 Å². The number of esters is 1. The van der Waals surface area contributed by atoms with E-state index in [1.807, 2.05) is 19.9 Å². The monoisotopic (exact) mass is 212 g/mol. The molecule has 2 heteroatoms. The lowest BCUT2D eigenvalue weighted by Crippen LogP contribution is -2.27. The van der Waals surface area contributed by atoms with Crippen LogP contribution in [-0.2, 0) is 9.53 Å². The lowest BCUT2D eigenvalue weighted by molar-refractivity contribution is -0.154. The van der Waals surface area contributed by atoms with Crippen LogP contribution in [0.5, 0.6) is 0 Å². The molecule has 0 bridgehead atoms. The maximum absolute atomic E-state index is 10.9. The van der Waals surface area contributed by atoms with Crippen molar-refractivity contribution in [2.24, 2.45) is 5.92 Å². The van der Waals surface area contributed by atoms with Crippen LogP contribution in [0.2, 0.25) is 0 Å². The SMILES string of the molecule is C=CCC(CC)CCC(C)(C)OC(C)=O. The number of carbonyl (C=O) groups is 1. The number of rotatable bonds is 7. The second kappa shape index (κ2) is 6.65. The second-order valence-corrected chi connectivity index (χ2v) is 4.69. The van der Waals surface area contributed by atoms with Crippen LogP contribution in [-0.4, -0.2) is 11.6 Å². The van der Waals surface area contributed by atoms with Gasteiger partial charge in [0.25, 0.3) is 0 Å². The molecule has 0 aliphatic rings. The molecule has 0 N–H and O–H groups in total. The maximum Gasteiger partial charge on any atom is 0.303 e. The molecular weight excluding hydrogens is 188 g/mol. The Balaban J connectivity index is 3.99. The quantitative estimate of drug-likeness (QED) is 0.475. The van der Waals surface area contributed by atoms with Gasteiger partial charge in [0.1, 0.15) is 5.60 Å². The van der Waals surface area contributed by atoms with Gasteiger partial charge in [-0.3, -0.25) is 4.79 Å². The van der Waals surface area contributed by atoms with Crippen molar-refractivity contribution in [2.75, 3.05) is 0 Å². The summed E-state index contributed by atoms with van der Waals surface area (Å²) in [5, 5.41) is 0. The van der Waals surface area contributed by atoms with Gasteiger partial charge < -0.3 is 4.74 Å². The zero-order valence-corrected chi connectivity index (χ0v) is 10.5. The van der Waals surface area contributed by atoms with Crippen molar-refractivity contribution in [1.29, 1.82) is 0 Å². The topological polar surface area (TPSA) is 26.3 Å². The van der Waals surface area contributed by atoms with E-state index in [1.54, 1.807) is 0 Å². The first-order chi connectivity index (χ1) is 6.91. The lowest BCUT2D eigenvalue weighted by atomic mass is 9.91. The Hall–Kier alpha value is -0.790. The van der Waals surface area contributed by atoms with Gasteiger partial charge in [0.05, 0.1) is 0 Å². The molecule has 0 aromatic carbocycles. The highest BCUT2D eigenvalue weighted by Crippen LogP contribution is 2.23. The summed E-state index contributed by atoms with van der Waals surface area (Å²) in [6.07, 6.45) is 6.17. The van der Waals surface area contributed by atoms with E-state index in [0.717, 1.165) is 25.7 Å². The molecule has 0 aliphatic heterocycles. The molecule has 0 spiro atoms. The van der Waals surface area contributed by atoms with Gasteiger partial charge in [-0.15, -0.1) is 6.58 Å². The molecule has 1 unspecified atom stereocenters. The molecule has 0 aliphatic carbocycles. The molecule has 15 heavy (non-hydrogen) atoms. The number of allylic oxidation sites excluding steroid dienone is 1. The summed E-state index contributed by atoms with van der Waals surface area (Å²) >= 11 is 0. The molecule has 1 atom stereocenters. The minimum atomic E-state index is -0.333. The third-order valence-electron chi connectivity index (χ3n) is 2.65. The summed E-state index contributed by atoms with van der Waals surface area (Å²) in [6.45, 7) is 11.3. The highest BCUT2D eigenvalue weighted by molar-refractivity contribution is 5.66. The van der Waals surface area contributed by atoms with E-state index < -0.39 is 0 Å². The molecule has 0 saturated heterocycles. The lowest BCUT2D eigenvalue weighted by Gasteiger charge is -2.26. The maximum atomic E-state index is 10.9. The van der Waals surface area contributed by atoms with Gasteiger partial charge in [0.2, 0.25) is 0 Å². The highest BCUT2D eigenvalue weighted by Gasteiger charge is 2.22. The normalized spacial score (nSPS) is 13.3. The number of carbonyl (C=O) groups excluding carboxylic acids is 1. The van der Waals surface area contributed by atoms with Crippen LogP contribution in [0, 0.1) is 5.92 Å². The van der Waals surface area contributed by atoms with Gasteiger partial charge in [-0.25, -0.2) is 0 Å². The summed E-state index contributed by atoms with van der Waals surface area (Å²) in [7, 11) is 0. The zero-order valence-electron chi connectivity index (χ0n) is 10.5. The van der Waals surface area contributed by atoms with Crippen molar-refractivity contribution >= 4 is 5.97 Å². The van der Waals surface area contributed by atoms with Crippen LogP contribution in [0.15, 0.2) is 12.7 Å². The van der Waals surface area contributed by atoms with Crippen molar-refractivity contribution in [3.05, 3.63) is 12.7 Å². The second-order valence-electron chi connectivity index (χ2n) is 4.69. The molecule has 2 nitrogen and oxygen atoms in total. The smallest absolute Gasteiger partial charge is 0.303 e. The fourth-order valence-corrected chi connectivity index (χ4v) is 1.72. The van der Waals surface area contributed by atoms with Crippen molar-refractivity contribution in [2.45, 2.75) is 59.0 Å². The van der Waals surface area contributed by atoms with E-state index in [9.17, 15) is 4.79 Å². The van der Waals surface area contributed by atoms with E-state index in [2.05, 4.69) is 13.5 Å². The Morgan fingerprint density at radius 3 is 2.53 bits per heavy atom. The number of hydrogen-bond acceptors (Lipinski definition) is 2. The predicted octanol–water partition coefficient (Wildman–Crippen LogP) is 3.71. The standard InChI is InChI=1S/C13H24O2/c1-6-8-12(7-2)9-10-13(4,5)15-11(3)14/h6,12H,1,7-10H2,2-5H3. The summed E-state index contributed by atoms with van der Waals surface area (Å²) in [5.41, 5.74) is -0.333. The Bertz CT molecular complexity index is 207. The van der Waals surface area contributed by atoms with Crippen molar-refractivity contribution < 1.29 is 9.53 Å². The van der Waals surface area contributed by atoms with E-state index >= 15 is 0 Å². The Labute approximate surface area is 93.7 Å². The minimum absolute atomic E-state index is 0.197. The molecule has 0 radical (unpaired) electrons. The summed E-state index contributed by atoms with van der Waals surface area (Å²) in [5.74, 6) is 0.467. The van der Waals surface area contributed by atoms with Crippen LogP contribution in [0.25, 0.3) is 0 Å². The molecule has 0 aromatic heterocycles. The van der Waals surface area contributed by atoms with E-state index in [-0.39, 0.29) is 11.6 Å². The molecular formula is C13H24O2. The van der Waals surface area contributed by atoms with Gasteiger partial charge in [0, 0.05) is 6.92 Å². The first-order valence-corrected chi connectivity index (χ1v) is 5.71. The largest absolute Gasteiger partial charge is 0.460 e. The summed E-state index contributed by atoms with van der Waals surface area (Å²) in [6, 6.07) is 0. The first-order valence-electron chi connectivity index (χ1n) is 5.71. The molecule has 88 valence electrons. The minimum Gasteiger partial charge on any atom is -0.460 e. The average molecular weight is 212 g/mol. The summed E-state index contributed by atoms with van der Waals surface area (Å²) in [4.78, 5) is 10.9. The Morgan fingerprint density at radius 1 is 1.53 bits per heavy atom. The van der Waals surface area contributed by atoms with E-state index in [4.69, 9.17) is 4.74 Å². The average Bonchev–Trinajstić information content (AvgIpc) is 2.10. The zero-order chi connectivity index (χ0) is 11.9. The first kappa shape index (κ1) is 14.2. The van der Waals surface area contributed by atoms with Gasteiger partial charge in [-0.1, -0.05) is 19.4 Å².